The van der Waals surface area contributed by atoms with E-state index in [0.29, 0.717) is 12.8 Å². The Labute approximate surface area is 148 Å². The van der Waals surface area contributed by atoms with E-state index in [0.717, 1.165) is 11.8 Å². The molecular formula is C17H25NO6S. The normalized spacial score (nSPS) is 23.1. The molecule has 1 saturated carbocycles. The molecule has 1 aliphatic carbocycles. The van der Waals surface area contributed by atoms with Crippen LogP contribution < -0.4 is 5.48 Å². The monoisotopic (exact) mass is 371 g/mol. The van der Waals surface area contributed by atoms with Crippen LogP contribution in [-0.2, 0) is 29.3 Å². The first kappa shape index (κ1) is 19.7. The topological polar surface area (TPSA) is 90.9 Å². The fraction of sp³-hybridized carbons (Fsp3) is 0.588. The van der Waals surface area contributed by atoms with Gasteiger partial charge in [-0.15, -0.1) is 0 Å². The van der Waals surface area contributed by atoms with Crippen LogP contribution >= 0.6 is 0 Å². The number of rotatable bonds is 7. The Hall–Kier alpha value is -1.64. The average molecular weight is 371 g/mol. The average Bonchev–Trinajstić information content (AvgIpc) is 3.14. The quantitative estimate of drug-likeness (QED) is 0.450. The van der Waals surface area contributed by atoms with Crippen molar-refractivity contribution in [2.75, 3.05) is 12.9 Å². The van der Waals surface area contributed by atoms with E-state index >= 15 is 0 Å². The maximum Gasteiger partial charge on any atom is 0.431 e. The first-order valence-electron chi connectivity index (χ1n) is 8.06. The van der Waals surface area contributed by atoms with Gasteiger partial charge in [0.1, 0.15) is 5.60 Å². The Kier molecular flexibility index (Phi) is 5.75. The van der Waals surface area contributed by atoms with Gasteiger partial charge < -0.3 is 4.74 Å². The molecule has 1 aliphatic rings. The van der Waals surface area contributed by atoms with Gasteiger partial charge in [0.25, 0.3) is 10.1 Å². The zero-order valence-corrected chi connectivity index (χ0v) is 15.8. The minimum atomic E-state index is -3.53. The number of hydrogen-bond acceptors (Lipinski definition) is 6. The van der Waals surface area contributed by atoms with E-state index in [9.17, 15) is 13.2 Å². The Morgan fingerprint density at radius 1 is 1.28 bits per heavy atom. The van der Waals surface area contributed by atoms with Crippen LogP contribution in [0.4, 0.5) is 4.79 Å². The summed E-state index contributed by atoms with van der Waals surface area (Å²) in [5.74, 6) is 0. The van der Waals surface area contributed by atoms with E-state index < -0.39 is 33.3 Å². The summed E-state index contributed by atoms with van der Waals surface area (Å²) in [4.78, 5) is 16.7. The fourth-order valence-corrected chi connectivity index (χ4v) is 3.41. The van der Waals surface area contributed by atoms with Gasteiger partial charge in [-0.3, -0.25) is 9.02 Å². The lowest BCUT2D eigenvalue weighted by Crippen LogP contribution is -2.33. The van der Waals surface area contributed by atoms with E-state index in [4.69, 9.17) is 13.8 Å². The predicted molar refractivity (Wildman–Crippen MR) is 92.4 cm³/mol. The van der Waals surface area contributed by atoms with Crippen LogP contribution in [0, 0.1) is 0 Å². The predicted octanol–water partition coefficient (Wildman–Crippen LogP) is 2.52. The van der Waals surface area contributed by atoms with Gasteiger partial charge in [-0.1, -0.05) is 30.3 Å². The maximum atomic E-state index is 11.6. The van der Waals surface area contributed by atoms with Crippen molar-refractivity contribution in [1.82, 2.24) is 5.48 Å². The summed E-state index contributed by atoms with van der Waals surface area (Å²) in [6.07, 6.45) is 1.05. The number of carbonyl (C=O) groups excluding carboxylic acids is 1. The Morgan fingerprint density at radius 2 is 1.92 bits per heavy atom. The summed E-state index contributed by atoms with van der Waals surface area (Å²) in [5.41, 5.74) is 2.19. The smallest absolute Gasteiger partial charge is 0.431 e. The van der Waals surface area contributed by atoms with Crippen molar-refractivity contribution in [3.05, 3.63) is 35.9 Å². The zero-order valence-electron chi connectivity index (χ0n) is 14.9. The summed E-state index contributed by atoms with van der Waals surface area (Å²) >= 11 is 0. The molecule has 140 valence electrons. The van der Waals surface area contributed by atoms with Crippen LogP contribution in [0.2, 0.25) is 0 Å². The molecule has 25 heavy (non-hydrogen) atoms. The van der Waals surface area contributed by atoms with Crippen LogP contribution in [-0.4, -0.2) is 39.1 Å². The van der Waals surface area contributed by atoms with Crippen LogP contribution in [0.1, 0.15) is 39.2 Å². The molecule has 1 fully saturated rings. The summed E-state index contributed by atoms with van der Waals surface area (Å²) in [7, 11) is -3.53. The van der Waals surface area contributed by atoms with Gasteiger partial charge in [0.05, 0.1) is 19.0 Å². The molecule has 7 nitrogen and oxygen atoms in total. The number of nitrogens with one attached hydrogen (secondary N) is 1. The van der Waals surface area contributed by atoms with Gasteiger partial charge in [-0.05, 0) is 39.2 Å². The molecule has 0 radical (unpaired) electrons. The first-order chi connectivity index (χ1) is 11.5. The Bertz CT molecular complexity index is 698. The van der Waals surface area contributed by atoms with Crippen molar-refractivity contribution < 1.29 is 27.0 Å². The van der Waals surface area contributed by atoms with E-state index in [1.165, 1.54) is 0 Å². The standard InChI is InChI=1S/C17H25NO6S/c1-16(2,3)23-15(19)18-22-11-10-17(13-8-6-5-7-9-13)12-14(17)24-25(4,20)21/h5-9,14H,10-12H2,1-4H3,(H,18,19). The van der Waals surface area contributed by atoms with Crippen LogP contribution in [0.15, 0.2) is 30.3 Å². The molecule has 0 bridgehead atoms. The zero-order chi connectivity index (χ0) is 18.7. The van der Waals surface area contributed by atoms with Crippen molar-refractivity contribution in [3.8, 4) is 0 Å². The summed E-state index contributed by atoms with van der Waals surface area (Å²) < 4.78 is 33.1. The van der Waals surface area contributed by atoms with E-state index in [1.54, 1.807) is 20.8 Å². The fourth-order valence-electron chi connectivity index (χ4n) is 2.73. The molecule has 0 heterocycles. The van der Waals surface area contributed by atoms with Gasteiger partial charge in [-0.2, -0.15) is 13.9 Å². The molecule has 8 heteroatoms. The van der Waals surface area contributed by atoms with Crippen LogP contribution in [0.25, 0.3) is 0 Å². The van der Waals surface area contributed by atoms with Gasteiger partial charge in [0.15, 0.2) is 0 Å². The molecule has 0 spiro atoms. The lowest BCUT2D eigenvalue weighted by Gasteiger charge is -2.20. The highest BCUT2D eigenvalue weighted by molar-refractivity contribution is 7.86. The second-order valence-electron chi connectivity index (χ2n) is 7.22. The summed E-state index contributed by atoms with van der Waals surface area (Å²) in [5, 5.41) is 0. The number of benzene rings is 1. The maximum absolute atomic E-state index is 11.6. The molecule has 0 aliphatic heterocycles. The highest BCUT2D eigenvalue weighted by Crippen LogP contribution is 2.53. The van der Waals surface area contributed by atoms with E-state index in [2.05, 4.69) is 5.48 Å². The van der Waals surface area contributed by atoms with E-state index in [-0.39, 0.29) is 6.61 Å². The van der Waals surface area contributed by atoms with Crippen molar-refractivity contribution in [2.45, 2.75) is 50.7 Å². The van der Waals surface area contributed by atoms with Gasteiger partial charge >= 0.3 is 6.09 Å². The number of ether oxygens (including phenoxy) is 1. The molecular weight excluding hydrogens is 346 g/mol. The lowest BCUT2D eigenvalue weighted by atomic mass is 9.92. The SMILES string of the molecule is CC(C)(C)OC(=O)NOCCC1(c2ccccc2)CC1OS(C)(=O)=O. The minimum Gasteiger partial charge on any atom is -0.442 e. The second kappa shape index (κ2) is 7.31. The highest BCUT2D eigenvalue weighted by atomic mass is 32.2. The van der Waals surface area contributed by atoms with E-state index in [1.807, 2.05) is 30.3 Å². The second-order valence-corrected chi connectivity index (χ2v) is 8.82. The third-order valence-electron chi connectivity index (χ3n) is 3.85. The van der Waals surface area contributed by atoms with Crippen molar-refractivity contribution in [1.29, 1.82) is 0 Å². The molecule has 2 atom stereocenters. The number of carbonyl (C=O) groups is 1. The molecule has 2 unspecified atom stereocenters. The molecule has 0 saturated heterocycles. The van der Waals surface area contributed by atoms with Gasteiger partial charge in [0.2, 0.25) is 0 Å². The molecule has 1 aromatic rings. The highest BCUT2D eigenvalue weighted by Gasteiger charge is 2.57. The van der Waals surface area contributed by atoms with Gasteiger partial charge in [0, 0.05) is 5.41 Å². The van der Waals surface area contributed by atoms with Crippen LogP contribution in [0.5, 0.6) is 0 Å². The molecule has 2 rings (SSSR count). The number of hydroxylamine groups is 1. The molecule has 1 amide bonds. The number of hydrogen-bond donors (Lipinski definition) is 1. The van der Waals surface area contributed by atoms with Crippen molar-refractivity contribution in [3.63, 3.8) is 0 Å². The molecule has 1 N–H and O–H groups in total. The number of amides is 1. The van der Waals surface area contributed by atoms with Gasteiger partial charge in [-0.25, -0.2) is 4.79 Å². The first-order valence-corrected chi connectivity index (χ1v) is 9.88. The molecule has 0 aromatic heterocycles. The third kappa shape index (κ3) is 5.98. The largest absolute Gasteiger partial charge is 0.442 e. The minimum absolute atomic E-state index is 0.206. The van der Waals surface area contributed by atoms with Crippen molar-refractivity contribution >= 4 is 16.2 Å². The summed E-state index contributed by atoms with van der Waals surface area (Å²) in [6, 6.07) is 9.56. The van der Waals surface area contributed by atoms with Crippen LogP contribution in [0.3, 0.4) is 0 Å². The third-order valence-corrected chi connectivity index (χ3v) is 4.43. The van der Waals surface area contributed by atoms with Crippen molar-refractivity contribution in [2.24, 2.45) is 0 Å². The Morgan fingerprint density at radius 3 is 2.48 bits per heavy atom. The lowest BCUT2D eigenvalue weighted by molar-refractivity contribution is -0.0105. The summed E-state index contributed by atoms with van der Waals surface area (Å²) in [6.45, 7) is 5.48. The molecule has 1 aromatic carbocycles. The Balaban J connectivity index is 1.92.